The lowest BCUT2D eigenvalue weighted by Gasteiger charge is -2.35. The second kappa shape index (κ2) is 6.56. The molecule has 0 bridgehead atoms. The molecule has 1 saturated heterocycles. The monoisotopic (exact) mass is 301 g/mol. The SMILES string of the molecule is C[C@H](C(=O)NCC1(CO)CCOCC1)n1cc(Cl)cn1. The molecule has 7 heteroatoms. The largest absolute Gasteiger partial charge is 0.396 e. The Kier molecular flexibility index (Phi) is 5.01. The van der Waals surface area contributed by atoms with E-state index in [1.165, 1.54) is 10.9 Å². The van der Waals surface area contributed by atoms with Crippen LogP contribution in [0.15, 0.2) is 12.4 Å². The predicted octanol–water partition coefficient (Wildman–Crippen LogP) is 1.00. The molecule has 0 aliphatic carbocycles. The van der Waals surface area contributed by atoms with Gasteiger partial charge in [-0.25, -0.2) is 0 Å². The Morgan fingerprint density at radius 2 is 2.35 bits per heavy atom. The quantitative estimate of drug-likeness (QED) is 0.851. The first kappa shape index (κ1) is 15.3. The molecule has 1 amide bonds. The van der Waals surface area contributed by atoms with Crippen LogP contribution in [-0.4, -0.2) is 47.2 Å². The van der Waals surface area contributed by atoms with E-state index in [1.807, 2.05) is 0 Å². The van der Waals surface area contributed by atoms with E-state index in [0.29, 0.717) is 24.8 Å². The molecule has 0 unspecified atom stereocenters. The molecule has 1 fully saturated rings. The maximum Gasteiger partial charge on any atom is 0.244 e. The van der Waals surface area contributed by atoms with Gasteiger partial charge in [-0.2, -0.15) is 5.10 Å². The summed E-state index contributed by atoms with van der Waals surface area (Å²) in [5.74, 6) is -0.135. The normalized spacial score (nSPS) is 19.6. The molecule has 20 heavy (non-hydrogen) atoms. The molecule has 0 aromatic carbocycles. The van der Waals surface area contributed by atoms with Crippen molar-refractivity contribution in [1.82, 2.24) is 15.1 Å². The molecule has 2 N–H and O–H groups in total. The van der Waals surface area contributed by atoms with Crippen molar-refractivity contribution >= 4 is 17.5 Å². The van der Waals surface area contributed by atoms with Gasteiger partial charge in [0, 0.05) is 31.4 Å². The smallest absolute Gasteiger partial charge is 0.244 e. The number of halogens is 1. The second-order valence-electron chi connectivity index (χ2n) is 5.30. The van der Waals surface area contributed by atoms with E-state index in [-0.39, 0.29) is 17.9 Å². The van der Waals surface area contributed by atoms with E-state index in [2.05, 4.69) is 10.4 Å². The lowest BCUT2D eigenvalue weighted by molar-refractivity contribution is -0.125. The number of nitrogens with one attached hydrogen (secondary N) is 1. The molecule has 1 aliphatic rings. The summed E-state index contributed by atoms with van der Waals surface area (Å²) in [7, 11) is 0. The fraction of sp³-hybridized carbons (Fsp3) is 0.692. The van der Waals surface area contributed by atoms with E-state index >= 15 is 0 Å². The van der Waals surface area contributed by atoms with Gasteiger partial charge in [-0.05, 0) is 19.8 Å². The topological polar surface area (TPSA) is 76.4 Å². The van der Waals surface area contributed by atoms with Crippen LogP contribution in [0.3, 0.4) is 0 Å². The van der Waals surface area contributed by atoms with Crippen LogP contribution in [0, 0.1) is 5.41 Å². The summed E-state index contributed by atoms with van der Waals surface area (Å²) in [5, 5.41) is 17.0. The Morgan fingerprint density at radius 1 is 1.65 bits per heavy atom. The van der Waals surface area contributed by atoms with E-state index < -0.39 is 6.04 Å². The molecule has 0 radical (unpaired) electrons. The number of aliphatic hydroxyl groups excluding tert-OH is 1. The lowest BCUT2D eigenvalue weighted by atomic mass is 9.81. The molecule has 112 valence electrons. The van der Waals surface area contributed by atoms with Gasteiger partial charge in [0.05, 0.1) is 17.8 Å². The third-order valence-corrected chi connectivity index (χ3v) is 4.07. The van der Waals surface area contributed by atoms with E-state index in [9.17, 15) is 9.90 Å². The van der Waals surface area contributed by atoms with Gasteiger partial charge < -0.3 is 15.2 Å². The van der Waals surface area contributed by atoms with E-state index in [4.69, 9.17) is 16.3 Å². The maximum atomic E-state index is 12.1. The molecular formula is C13H20ClN3O3. The highest BCUT2D eigenvalue weighted by Crippen LogP contribution is 2.29. The summed E-state index contributed by atoms with van der Waals surface area (Å²) in [5.41, 5.74) is -0.268. The molecule has 1 aliphatic heterocycles. The molecule has 1 aromatic heterocycles. The molecule has 6 nitrogen and oxygen atoms in total. The second-order valence-corrected chi connectivity index (χ2v) is 5.74. The van der Waals surface area contributed by atoms with Crippen LogP contribution in [0.2, 0.25) is 5.02 Å². The third kappa shape index (κ3) is 3.50. The number of carbonyl (C=O) groups is 1. The molecule has 1 aromatic rings. The fourth-order valence-electron chi connectivity index (χ4n) is 2.26. The van der Waals surface area contributed by atoms with Gasteiger partial charge in [-0.15, -0.1) is 0 Å². The first-order chi connectivity index (χ1) is 9.56. The van der Waals surface area contributed by atoms with Crippen molar-refractivity contribution in [2.45, 2.75) is 25.8 Å². The minimum Gasteiger partial charge on any atom is -0.396 e. The molecule has 2 heterocycles. The Balaban J connectivity index is 1.90. The number of aromatic nitrogens is 2. The highest BCUT2D eigenvalue weighted by molar-refractivity contribution is 6.30. The van der Waals surface area contributed by atoms with Gasteiger partial charge in [0.25, 0.3) is 0 Å². The van der Waals surface area contributed by atoms with Crippen LogP contribution in [0.5, 0.6) is 0 Å². The van der Waals surface area contributed by atoms with E-state index in [1.54, 1.807) is 13.1 Å². The Morgan fingerprint density at radius 3 is 2.90 bits per heavy atom. The number of rotatable bonds is 5. The van der Waals surface area contributed by atoms with Crippen LogP contribution in [0.25, 0.3) is 0 Å². The van der Waals surface area contributed by atoms with Crippen LogP contribution in [-0.2, 0) is 9.53 Å². The first-order valence-corrected chi connectivity index (χ1v) is 7.10. The van der Waals surface area contributed by atoms with Crippen molar-refractivity contribution in [2.75, 3.05) is 26.4 Å². The van der Waals surface area contributed by atoms with Crippen molar-refractivity contribution in [3.63, 3.8) is 0 Å². The summed E-state index contributed by atoms with van der Waals surface area (Å²) < 4.78 is 6.82. The standard InChI is InChI=1S/C13H20ClN3O3/c1-10(17-7-11(14)6-16-17)12(19)15-8-13(9-18)2-4-20-5-3-13/h6-7,10,18H,2-5,8-9H2,1H3,(H,15,19)/t10-/m1/s1. The van der Waals surface area contributed by atoms with Crippen molar-refractivity contribution in [3.05, 3.63) is 17.4 Å². The average Bonchev–Trinajstić information content (AvgIpc) is 2.91. The van der Waals surface area contributed by atoms with Gasteiger partial charge >= 0.3 is 0 Å². The highest BCUT2D eigenvalue weighted by Gasteiger charge is 2.32. The van der Waals surface area contributed by atoms with Gasteiger partial charge in [-0.1, -0.05) is 11.6 Å². The lowest BCUT2D eigenvalue weighted by Crippen LogP contribution is -2.45. The van der Waals surface area contributed by atoms with Crippen molar-refractivity contribution in [3.8, 4) is 0 Å². The van der Waals surface area contributed by atoms with Crippen LogP contribution in [0.4, 0.5) is 0 Å². The molecule has 0 saturated carbocycles. The maximum absolute atomic E-state index is 12.1. The molecule has 0 spiro atoms. The van der Waals surface area contributed by atoms with Crippen LogP contribution in [0.1, 0.15) is 25.8 Å². The number of aliphatic hydroxyl groups is 1. The van der Waals surface area contributed by atoms with Crippen molar-refractivity contribution < 1.29 is 14.6 Å². The Hall–Kier alpha value is -1.11. The molecular weight excluding hydrogens is 282 g/mol. The minimum absolute atomic E-state index is 0.0542. The molecule has 1 atom stereocenters. The van der Waals surface area contributed by atoms with E-state index in [0.717, 1.165) is 12.8 Å². The predicted molar refractivity (Wildman–Crippen MR) is 74.5 cm³/mol. The zero-order chi connectivity index (χ0) is 14.6. The molecule has 2 rings (SSSR count). The summed E-state index contributed by atoms with van der Waals surface area (Å²) in [6.07, 6.45) is 4.62. The zero-order valence-electron chi connectivity index (χ0n) is 11.5. The Labute approximate surface area is 123 Å². The van der Waals surface area contributed by atoms with Crippen LogP contribution >= 0.6 is 11.6 Å². The minimum atomic E-state index is -0.432. The number of ether oxygens (including phenoxy) is 1. The summed E-state index contributed by atoms with van der Waals surface area (Å²) in [4.78, 5) is 12.1. The number of amides is 1. The van der Waals surface area contributed by atoms with Gasteiger partial charge in [-0.3, -0.25) is 9.48 Å². The van der Waals surface area contributed by atoms with Gasteiger partial charge in [0.1, 0.15) is 6.04 Å². The summed E-state index contributed by atoms with van der Waals surface area (Å²) in [6, 6.07) is -0.432. The number of hydrogen-bond acceptors (Lipinski definition) is 4. The van der Waals surface area contributed by atoms with Crippen LogP contribution < -0.4 is 5.32 Å². The van der Waals surface area contributed by atoms with Crippen molar-refractivity contribution in [1.29, 1.82) is 0 Å². The third-order valence-electron chi connectivity index (χ3n) is 3.87. The van der Waals surface area contributed by atoms with Gasteiger partial charge in [0.15, 0.2) is 0 Å². The number of hydrogen-bond donors (Lipinski definition) is 2. The number of nitrogens with zero attached hydrogens (tertiary/aromatic N) is 2. The zero-order valence-corrected chi connectivity index (χ0v) is 12.3. The van der Waals surface area contributed by atoms with Crippen molar-refractivity contribution in [2.24, 2.45) is 5.41 Å². The van der Waals surface area contributed by atoms with Gasteiger partial charge in [0.2, 0.25) is 5.91 Å². The first-order valence-electron chi connectivity index (χ1n) is 6.72. The average molecular weight is 302 g/mol. The number of carbonyl (C=O) groups excluding carboxylic acids is 1. The summed E-state index contributed by atoms with van der Waals surface area (Å²) in [6.45, 7) is 3.51. The highest BCUT2D eigenvalue weighted by atomic mass is 35.5. The fourth-order valence-corrected chi connectivity index (χ4v) is 2.41. The summed E-state index contributed by atoms with van der Waals surface area (Å²) >= 11 is 5.79. The Bertz CT molecular complexity index is 457.